The van der Waals surface area contributed by atoms with Crippen LogP contribution in [0.4, 0.5) is 0 Å². The lowest BCUT2D eigenvalue weighted by Crippen LogP contribution is -2.28. The molecule has 0 bridgehead atoms. The molecule has 0 saturated heterocycles. The number of hydrogen-bond acceptors (Lipinski definition) is 3. The van der Waals surface area contributed by atoms with Crippen molar-refractivity contribution >= 4 is 12.1 Å². The van der Waals surface area contributed by atoms with Gasteiger partial charge in [-0.3, -0.25) is 4.79 Å². The molecule has 0 aliphatic rings. The molecule has 0 aliphatic heterocycles. The molecule has 0 spiro atoms. The van der Waals surface area contributed by atoms with E-state index in [1.807, 2.05) is 45.2 Å². The van der Waals surface area contributed by atoms with Crippen LogP contribution in [-0.2, 0) is 6.54 Å². The minimum atomic E-state index is -0.470. The first-order chi connectivity index (χ1) is 9.54. The second-order valence-corrected chi connectivity index (χ2v) is 4.43. The number of carbonyl (C=O) groups excluding carboxylic acids is 1. The van der Waals surface area contributed by atoms with Crippen LogP contribution in [0.2, 0.25) is 0 Å². The van der Waals surface area contributed by atoms with Gasteiger partial charge in [0, 0.05) is 12.2 Å². The molecule has 5 nitrogen and oxygen atoms in total. The van der Waals surface area contributed by atoms with Crippen LogP contribution >= 0.6 is 0 Å². The maximum atomic E-state index is 11.5. The van der Waals surface area contributed by atoms with Crippen LogP contribution in [0.5, 0.6) is 0 Å². The predicted molar refractivity (Wildman–Crippen MR) is 81.8 cm³/mol. The Hall–Kier alpha value is -2.30. The number of carbonyl (C=O) groups is 1. The van der Waals surface area contributed by atoms with Gasteiger partial charge in [0.1, 0.15) is 0 Å². The zero-order chi connectivity index (χ0) is 15.1. The lowest BCUT2D eigenvalue weighted by molar-refractivity contribution is 0.0998. The molecule has 0 aromatic carbocycles. The first-order valence-electron chi connectivity index (χ1n) is 6.55. The van der Waals surface area contributed by atoms with Crippen molar-refractivity contribution < 1.29 is 4.79 Å². The Morgan fingerprint density at radius 2 is 2.25 bits per heavy atom. The van der Waals surface area contributed by atoms with E-state index in [0.29, 0.717) is 12.1 Å². The summed E-state index contributed by atoms with van der Waals surface area (Å²) in [5.41, 5.74) is 6.61. The second kappa shape index (κ2) is 7.33. The van der Waals surface area contributed by atoms with Gasteiger partial charge in [-0.05, 0) is 27.0 Å². The molecule has 0 saturated carbocycles. The number of aromatic nitrogens is 2. The molecule has 20 heavy (non-hydrogen) atoms. The molecule has 0 fully saturated rings. The van der Waals surface area contributed by atoms with Crippen molar-refractivity contribution in [3.05, 3.63) is 48.5 Å². The molecule has 5 heteroatoms. The van der Waals surface area contributed by atoms with Crippen LogP contribution in [-0.4, -0.2) is 26.6 Å². The lowest BCUT2D eigenvalue weighted by Gasteiger charge is -2.25. The summed E-state index contributed by atoms with van der Waals surface area (Å²) in [7, 11) is 0. The third-order valence-electron chi connectivity index (χ3n) is 2.99. The van der Waals surface area contributed by atoms with Gasteiger partial charge in [0.25, 0.3) is 5.91 Å². The molecule has 1 amide bonds. The normalized spacial score (nSPS) is 12.9. The number of nitrogens with two attached hydrogens (primary N) is 1. The van der Waals surface area contributed by atoms with Crippen LogP contribution < -0.4 is 5.73 Å². The van der Waals surface area contributed by atoms with Crippen LogP contribution in [0.3, 0.4) is 0 Å². The van der Waals surface area contributed by atoms with E-state index in [1.165, 1.54) is 6.20 Å². The van der Waals surface area contributed by atoms with Crippen molar-refractivity contribution in [1.29, 1.82) is 0 Å². The highest BCUT2D eigenvalue weighted by Crippen LogP contribution is 2.15. The summed E-state index contributed by atoms with van der Waals surface area (Å²) in [6.07, 6.45) is 10.9. The molecular weight excluding hydrogens is 252 g/mol. The summed E-state index contributed by atoms with van der Waals surface area (Å²) in [6, 6.07) is 0.140. The Bertz CT molecular complexity index is 528. The van der Waals surface area contributed by atoms with E-state index in [2.05, 4.69) is 16.6 Å². The maximum Gasteiger partial charge on any atom is 0.252 e. The summed E-state index contributed by atoms with van der Waals surface area (Å²) in [5, 5.41) is 4.18. The molecule has 2 N–H and O–H groups in total. The lowest BCUT2D eigenvalue weighted by atomic mass is 10.2. The van der Waals surface area contributed by atoms with Gasteiger partial charge >= 0.3 is 0 Å². The summed E-state index contributed by atoms with van der Waals surface area (Å²) < 4.78 is 1.67. The van der Waals surface area contributed by atoms with Crippen LogP contribution in [0, 0.1) is 0 Å². The number of allylic oxidation sites excluding steroid dienone is 2. The largest absolute Gasteiger partial charge is 0.366 e. The highest BCUT2D eigenvalue weighted by atomic mass is 16.1. The maximum absolute atomic E-state index is 11.5. The van der Waals surface area contributed by atoms with Gasteiger partial charge in [-0.2, -0.15) is 5.10 Å². The average molecular weight is 274 g/mol. The highest BCUT2D eigenvalue weighted by Gasteiger charge is 2.17. The van der Waals surface area contributed by atoms with Gasteiger partial charge in [-0.25, -0.2) is 4.68 Å². The second-order valence-electron chi connectivity index (χ2n) is 4.43. The Labute approximate surface area is 120 Å². The van der Waals surface area contributed by atoms with E-state index < -0.39 is 5.91 Å². The van der Waals surface area contributed by atoms with Crippen molar-refractivity contribution in [2.45, 2.75) is 33.4 Å². The molecule has 0 aliphatic carbocycles. The average Bonchev–Trinajstić information content (AvgIpc) is 2.81. The minimum absolute atomic E-state index is 0.140. The fourth-order valence-corrected chi connectivity index (χ4v) is 1.85. The van der Waals surface area contributed by atoms with Crippen LogP contribution in [0.1, 0.15) is 36.8 Å². The van der Waals surface area contributed by atoms with E-state index >= 15 is 0 Å². The van der Waals surface area contributed by atoms with Crippen molar-refractivity contribution in [1.82, 2.24) is 14.7 Å². The Morgan fingerprint density at radius 1 is 1.55 bits per heavy atom. The zero-order valence-electron chi connectivity index (χ0n) is 12.3. The topological polar surface area (TPSA) is 64.2 Å². The molecule has 0 radical (unpaired) electrons. The fourth-order valence-electron chi connectivity index (χ4n) is 1.85. The number of amides is 1. The molecule has 1 atom stereocenters. The van der Waals surface area contributed by atoms with Crippen LogP contribution in [0.25, 0.3) is 6.20 Å². The number of hydrogen-bond donors (Lipinski definition) is 1. The summed E-state index contributed by atoms with van der Waals surface area (Å²) in [4.78, 5) is 13.6. The summed E-state index contributed by atoms with van der Waals surface area (Å²) in [6.45, 7) is 10.2. The molecule has 1 unspecified atom stereocenters. The van der Waals surface area contributed by atoms with E-state index in [9.17, 15) is 4.79 Å². The highest BCUT2D eigenvalue weighted by molar-refractivity contribution is 5.93. The Morgan fingerprint density at radius 3 is 2.75 bits per heavy atom. The van der Waals surface area contributed by atoms with Gasteiger partial charge in [0.15, 0.2) is 0 Å². The third kappa shape index (κ3) is 3.60. The van der Waals surface area contributed by atoms with E-state index in [0.717, 1.165) is 5.69 Å². The summed E-state index contributed by atoms with van der Waals surface area (Å²) >= 11 is 0. The van der Waals surface area contributed by atoms with E-state index in [4.69, 9.17) is 5.73 Å². The SMILES string of the molecule is C=CC(C)N(C=CC)Cc1c(C(N)=O)cnn1C=CC. The zero-order valence-corrected chi connectivity index (χ0v) is 12.3. The van der Waals surface area contributed by atoms with Crippen molar-refractivity contribution in [3.63, 3.8) is 0 Å². The Kier molecular flexibility index (Phi) is 5.77. The standard InChI is InChI=1S/C15H22N4O/c1-5-8-18(12(4)7-3)11-14-13(15(16)20)10-17-19(14)9-6-2/h5-10,12H,3,11H2,1-2,4H3,(H2,16,20). The third-order valence-corrected chi connectivity index (χ3v) is 2.99. The van der Waals surface area contributed by atoms with Gasteiger partial charge in [-0.15, -0.1) is 6.58 Å². The molecule has 1 aromatic rings. The van der Waals surface area contributed by atoms with E-state index in [-0.39, 0.29) is 6.04 Å². The van der Waals surface area contributed by atoms with Crippen molar-refractivity contribution in [2.24, 2.45) is 5.73 Å². The first kappa shape index (κ1) is 15.8. The Balaban J connectivity index is 3.18. The predicted octanol–water partition coefficient (Wildman–Crippen LogP) is 2.38. The molecule has 1 aromatic heterocycles. The molecule has 1 rings (SSSR count). The smallest absolute Gasteiger partial charge is 0.252 e. The van der Waals surface area contributed by atoms with Crippen molar-refractivity contribution in [3.8, 4) is 0 Å². The summed E-state index contributed by atoms with van der Waals surface area (Å²) in [5.74, 6) is -0.470. The fraction of sp³-hybridized carbons (Fsp3) is 0.333. The molecular formula is C15H22N4O. The van der Waals surface area contributed by atoms with Crippen molar-refractivity contribution in [2.75, 3.05) is 0 Å². The van der Waals surface area contributed by atoms with Gasteiger partial charge in [-0.1, -0.05) is 18.2 Å². The number of rotatable bonds is 7. The number of nitrogens with zero attached hydrogens (tertiary/aromatic N) is 3. The number of primary amides is 1. The molecule has 108 valence electrons. The molecule has 1 heterocycles. The van der Waals surface area contributed by atoms with Gasteiger partial charge < -0.3 is 10.6 Å². The van der Waals surface area contributed by atoms with Crippen LogP contribution in [0.15, 0.2) is 37.2 Å². The van der Waals surface area contributed by atoms with Gasteiger partial charge in [0.2, 0.25) is 0 Å². The quantitative estimate of drug-likeness (QED) is 0.776. The van der Waals surface area contributed by atoms with Gasteiger partial charge in [0.05, 0.1) is 24.0 Å². The van der Waals surface area contributed by atoms with E-state index in [1.54, 1.807) is 10.9 Å². The monoisotopic (exact) mass is 274 g/mol. The minimum Gasteiger partial charge on any atom is -0.366 e. The first-order valence-corrected chi connectivity index (χ1v) is 6.55.